The van der Waals surface area contributed by atoms with Gasteiger partial charge in [0.25, 0.3) is 0 Å². The van der Waals surface area contributed by atoms with Gasteiger partial charge < -0.3 is 25.2 Å². The average molecular weight is 467 g/mol. The first-order valence-corrected chi connectivity index (χ1v) is 11.6. The highest BCUT2D eigenvalue weighted by Gasteiger charge is 2.37. The number of ether oxygens (including phenoxy) is 2. The van der Waals surface area contributed by atoms with Gasteiger partial charge >= 0.3 is 12.1 Å². The number of rotatable bonds is 10. The Morgan fingerprint density at radius 3 is 2.12 bits per heavy atom. The standard InChI is InChI=1S/C26H30N2O6/c1-15(33-2)24(25(31)27-22(13-23(29)30)16-11-12-16)28-26(32)34-14-21-19-9-5-3-7-17(19)18-8-4-6-10-20(18)21/h3-10,15-16,21-22,24H,11-14H2,1-2H3,(H,27,31)(H,28,32)(H,29,30). The van der Waals surface area contributed by atoms with Gasteiger partial charge in [0.05, 0.1) is 12.5 Å². The number of hydrogen-bond donors (Lipinski definition) is 3. The zero-order chi connectivity index (χ0) is 24.2. The molecule has 180 valence electrons. The van der Waals surface area contributed by atoms with Crippen molar-refractivity contribution < 1.29 is 29.0 Å². The summed E-state index contributed by atoms with van der Waals surface area (Å²) in [6.45, 7) is 1.79. The predicted molar refractivity (Wildman–Crippen MR) is 125 cm³/mol. The fourth-order valence-corrected chi connectivity index (χ4v) is 4.59. The molecule has 3 atom stereocenters. The Morgan fingerprint density at radius 2 is 1.59 bits per heavy atom. The summed E-state index contributed by atoms with van der Waals surface area (Å²) in [6, 6.07) is 14.6. The minimum atomic E-state index is -1.02. The molecule has 2 aromatic rings. The first-order valence-electron chi connectivity index (χ1n) is 11.6. The van der Waals surface area contributed by atoms with Crippen LogP contribution in [0.15, 0.2) is 48.5 Å². The van der Waals surface area contributed by atoms with Crippen LogP contribution in [0.3, 0.4) is 0 Å². The molecule has 4 rings (SSSR count). The molecule has 2 aliphatic rings. The van der Waals surface area contributed by atoms with Gasteiger partial charge in [-0.1, -0.05) is 48.5 Å². The number of carboxylic acids is 1. The molecule has 1 saturated carbocycles. The van der Waals surface area contributed by atoms with Gasteiger partial charge in [0.15, 0.2) is 0 Å². The van der Waals surface area contributed by atoms with Gasteiger partial charge in [-0.05, 0) is 47.9 Å². The van der Waals surface area contributed by atoms with Crippen molar-refractivity contribution in [3.05, 3.63) is 59.7 Å². The van der Waals surface area contributed by atoms with E-state index in [1.807, 2.05) is 36.4 Å². The molecule has 0 spiro atoms. The monoisotopic (exact) mass is 466 g/mol. The van der Waals surface area contributed by atoms with Crippen LogP contribution in [-0.2, 0) is 19.1 Å². The number of benzene rings is 2. The van der Waals surface area contributed by atoms with Gasteiger partial charge in [-0.2, -0.15) is 0 Å². The smallest absolute Gasteiger partial charge is 0.407 e. The Morgan fingerprint density at radius 1 is 1.00 bits per heavy atom. The predicted octanol–water partition coefficient (Wildman–Crippen LogP) is 3.30. The molecule has 1 fully saturated rings. The fourth-order valence-electron chi connectivity index (χ4n) is 4.59. The summed E-state index contributed by atoms with van der Waals surface area (Å²) in [5.41, 5.74) is 4.44. The van der Waals surface area contributed by atoms with Crippen molar-refractivity contribution in [3.8, 4) is 11.1 Å². The second kappa shape index (κ2) is 10.3. The van der Waals surface area contributed by atoms with Crippen LogP contribution in [-0.4, -0.2) is 55.0 Å². The third-order valence-electron chi connectivity index (χ3n) is 6.65. The molecular weight excluding hydrogens is 436 g/mol. The molecular formula is C26H30N2O6. The van der Waals surface area contributed by atoms with E-state index < -0.39 is 36.2 Å². The summed E-state index contributed by atoms with van der Waals surface area (Å²) in [7, 11) is 1.44. The van der Waals surface area contributed by atoms with Crippen molar-refractivity contribution in [1.29, 1.82) is 0 Å². The van der Waals surface area contributed by atoms with E-state index in [2.05, 4.69) is 22.8 Å². The van der Waals surface area contributed by atoms with E-state index in [9.17, 15) is 14.4 Å². The summed E-state index contributed by atoms with van der Waals surface area (Å²) >= 11 is 0. The first-order chi connectivity index (χ1) is 16.4. The molecule has 0 bridgehead atoms. The normalized spacial score (nSPS) is 17.1. The number of carbonyl (C=O) groups is 3. The van der Waals surface area contributed by atoms with Crippen molar-refractivity contribution in [2.75, 3.05) is 13.7 Å². The maximum Gasteiger partial charge on any atom is 0.407 e. The maximum atomic E-state index is 12.9. The van der Waals surface area contributed by atoms with Gasteiger partial charge in [-0.3, -0.25) is 9.59 Å². The summed E-state index contributed by atoms with van der Waals surface area (Å²) in [5, 5.41) is 14.6. The molecule has 3 unspecified atom stereocenters. The highest BCUT2D eigenvalue weighted by atomic mass is 16.5. The lowest BCUT2D eigenvalue weighted by atomic mass is 9.98. The molecule has 8 heteroatoms. The molecule has 0 aromatic heterocycles. The molecule has 2 aliphatic carbocycles. The number of amides is 2. The number of carbonyl (C=O) groups excluding carboxylic acids is 2. The van der Waals surface area contributed by atoms with Crippen LogP contribution in [0.4, 0.5) is 4.79 Å². The lowest BCUT2D eigenvalue weighted by molar-refractivity contribution is -0.138. The third kappa shape index (κ3) is 5.22. The molecule has 0 saturated heterocycles. The van der Waals surface area contributed by atoms with Crippen LogP contribution in [0.1, 0.15) is 43.2 Å². The minimum Gasteiger partial charge on any atom is -0.481 e. The molecule has 2 aromatic carbocycles. The highest BCUT2D eigenvalue weighted by Crippen LogP contribution is 2.44. The Bertz CT molecular complexity index is 1020. The quantitative estimate of drug-likeness (QED) is 0.495. The zero-order valence-electron chi connectivity index (χ0n) is 19.3. The fraction of sp³-hybridized carbons (Fsp3) is 0.423. The Kier molecular flexibility index (Phi) is 7.17. The van der Waals surface area contributed by atoms with E-state index in [-0.39, 0.29) is 24.9 Å². The second-order valence-corrected chi connectivity index (χ2v) is 8.94. The highest BCUT2D eigenvalue weighted by molar-refractivity contribution is 5.87. The lowest BCUT2D eigenvalue weighted by Gasteiger charge is -2.26. The Hall–Kier alpha value is -3.39. The van der Waals surface area contributed by atoms with E-state index in [4.69, 9.17) is 14.6 Å². The number of fused-ring (bicyclic) bond motifs is 3. The number of aliphatic carboxylic acids is 1. The van der Waals surface area contributed by atoms with Gasteiger partial charge in [0.1, 0.15) is 12.6 Å². The van der Waals surface area contributed by atoms with Crippen LogP contribution in [0, 0.1) is 5.92 Å². The van der Waals surface area contributed by atoms with Crippen molar-refractivity contribution in [2.24, 2.45) is 5.92 Å². The van der Waals surface area contributed by atoms with E-state index in [0.717, 1.165) is 35.1 Å². The second-order valence-electron chi connectivity index (χ2n) is 8.94. The zero-order valence-corrected chi connectivity index (χ0v) is 19.3. The van der Waals surface area contributed by atoms with Crippen LogP contribution in [0.25, 0.3) is 11.1 Å². The molecule has 2 amide bonds. The Labute approximate surface area is 198 Å². The van der Waals surface area contributed by atoms with Crippen molar-refractivity contribution in [2.45, 2.75) is 50.3 Å². The van der Waals surface area contributed by atoms with Gasteiger partial charge in [0.2, 0.25) is 5.91 Å². The number of carboxylic acid groups (broad SMARTS) is 1. The summed E-state index contributed by atoms with van der Waals surface area (Å²) < 4.78 is 10.9. The summed E-state index contributed by atoms with van der Waals surface area (Å²) in [5.74, 6) is -1.41. The molecule has 8 nitrogen and oxygen atoms in total. The molecule has 34 heavy (non-hydrogen) atoms. The van der Waals surface area contributed by atoms with E-state index >= 15 is 0 Å². The topological polar surface area (TPSA) is 114 Å². The minimum absolute atomic E-state index is 0.0971. The number of alkyl carbamates (subject to hydrolysis) is 1. The van der Waals surface area contributed by atoms with Crippen molar-refractivity contribution in [3.63, 3.8) is 0 Å². The van der Waals surface area contributed by atoms with Crippen molar-refractivity contribution >= 4 is 18.0 Å². The molecule has 3 N–H and O–H groups in total. The largest absolute Gasteiger partial charge is 0.481 e. The van der Waals surface area contributed by atoms with E-state index in [0.29, 0.717) is 0 Å². The number of nitrogens with one attached hydrogen (secondary N) is 2. The third-order valence-corrected chi connectivity index (χ3v) is 6.65. The maximum absolute atomic E-state index is 12.9. The van der Waals surface area contributed by atoms with E-state index in [1.165, 1.54) is 7.11 Å². The average Bonchev–Trinajstić information content (AvgIpc) is 3.63. The number of hydrogen-bond acceptors (Lipinski definition) is 5. The van der Waals surface area contributed by atoms with E-state index in [1.54, 1.807) is 6.92 Å². The summed E-state index contributed by atoms with van der Waals surface area (Å²) in [4.78, 5) is 36.8. The number of methoxy groups -OCH3 is 1. The SMILES string of the molecule is COC(C)C(NC(=O)OCC1c2ccccc2-c2ccccc21)C(=O)NC(CC(=O)O)C1CC1. The van der Waals surface area contributed by atoms with Crippen LogP contribution in [0.2, 0.25) is 0 Å². The van der Waals surface area contributed by atoms with Crippen LogP contribution in [0.5, 0.6) is 0 Å². The van der Waals surface area contributed by atoms with Gasteiger partial charge in [0, 0.05) is 19.1 Å². The van der Waals surface area contributed by atoms with Gasteiger partial charge in [-0.15, -0.1) is 0 Å². The van der Waals surface area contributed by atoms with Gasteiger partial charge in [-0.25, -0.2) is 4.79 Å². The molecule has 0 radical (unpaired) electrons. The molecule has 0 heterocycles. The Balaban J connectivity index is 1.41. The summed E-state index contributed by atoms with van der Waals surface area (Å²) in [6.07, 6.45) is 0.234. The van der Waals surface area contributed by atoms with Crippen molar-refractivity contribution in [1.82, 2.24) is 10.6 Å². The molecule has 0 aliphatic heterocycles. The lowest BCUT2D eigenvalue weighted by Crippen LogP contribution is -2.55. The van der Waals surface area contributed by atoms with Crippen LogP contribution < -0.4 is 10.6 Å². The van der Waals surface area contributed by atoms with Crippen LogP contribution >= 0.6 is 0 Å². The first kappa shape index (κ1) is 23.8.